The van der Waals surface area contributed by atoms with E-state index in [1.165, 1.54) is 11.3 Å². The van der Waals surface area contributed by atoms with Gasteiger partial charge in [0.1, 0.15) is 4.88 Å². The predicted molar refractivity (Wildman–Crippen MR) is 88.2 cm³/mol. The van der Waals surface area contributed by atoms with Gasteiger partial charge in [0.15, 0.2) is 5.13 Å². The van der Waals surface area contributed by atoms with Crippen LogP contribution in [0.25, 0.3) is 5.57 Å². The molecule has 2 N–H and O–H groups in total. The lowest BCUT2D eigenvalue weighted by Gasteiger charge is -2.00. The van der Waals surface area contributed by atoms with E-state index in [-0.39, 0.29) is 11.8 Å². The van der Waals surface area contributed by atoms with Crippen molar-refractivity contribution in [3.63, 3.8) is 0 Å². The molecule has 0 saturated carbocycles. The molecular weight excluding hydrogens is 310 g/mol. The van der Waals surface area contributed by atoms with Crippen LogP contribution in [0.4, 0.5) is 10.8 Å². The van der Waals surface area contributed by atoms with Gasteiger partial charge >= 0.3 is 0 Å². The minimum atomic E-state index is -0.351. The number of benzene rings is 2. The first-order valence-corrected chi connectivity index (χ1v) is 7.78. The van der Waals surface area contributed by atoms with Gasteiger partial charge in [-0.2, -0.15) is 4.98 Å². The van der Waals surface area contributed by atoms with E-state index >= 15 is 0 Å². The molecule has 1 aliphatic heterocycles. The highest BCUT2D eigenvalue weighted by Gasteiger charge is 2.24. The predicted octanol–water partition coefficient (Wildman–Crippen LogP) is 1.95. The number of carbonyl (C=O) groups is 1. The first-order valence-electron chi connectivity index (χ1n) is 6.97. The maximum atomic E-state index is 12.2. The summed E-state index contributed by atoms with van der Waals surface area (Å²) < 4.78 is 0. The normalized spacial score (nSPS) is 12.9. The fourth-order valence-corrected chi connectivity index (χ4v) is 3.39. The Morgan fingerprint density at radius 2 is 1.74 bits per heavy atom. The van der Waals surface area contributed by atoms with Crippen LogP contribution in [0.1, 0.15) is 4.88 Å². The minimum absolute atomic E-state index is 0.163. The summed E-state index contributed by atoms with van der Waals surface area (Å²) in [6.45, 7) is 0. The number of carbonyl (C=O) groups excluding carboxylic acids is 1. The molecule has 1 aliphatic rings. The van der Waals surface area contributed by atoms with E-state index < -0.39 is 0 Å². The van der Waals surface area contributed by atoms with E-state index in [1.54, 1.807) is 6.07 Å². The van der Waals surface area contributed by atoms with Gasteiger partial charge in [0.25, 0.3) is 5.91 Å². The summed E-state index contributed by atoms with van der Waals surface area (Å²) >= 11 is 1.23. The van der Waals surface area contributed by atoms with Crippen molar-refractivity contribution >= 4 is 33.6 Å². The van der Waals surface area contributed by atoms with Crippen molar-refractivity contribution in [1.29, 1.82) is 0 Å². The number of hydrogen-bond donors (Lipinski definition) is 2. The van der Waals surface area contributed by atoms with Gasteiger partial charge in [-0.15, -0.1) is 0 Å². The second-order valence-corrected chi connectivity index (χ2v) is 5.97. The zero-order valence-electron chi connectivity index (χ0n) is 11.9. The Hall–Kier alpha value is -2.99. The average Bonchev–Trinajstić information content (AvgIpc) is 3.07. The first kappa shape index (κ1) is 13.7. The number of rotatable bonds is 3. The number of aromatic hydroxyl groups is 1. The summed E-state index contributed by atoms with van der Waals surface area (Å²) in [5.41, 5.74) is 1.26. The molecule has 4 rings (SSSR count). The largest absolute Gasteiger partial charge is 0.492 e. The summed E-state index contributed by atoms with van der Waals surface area (Å²) in [6, 6.07) is 16.8. The average molecular weight is 321 g/mol. The lowest BCUT2D eigenvalue weighted by atomic mass is 10.1. The topological polar surface area (TPSA) is 74.6 Å². The molecule has 2 heterocycles. The minimum Gasteiger partial charge on any atom is -0.492 e. The summed E-state index contributed by atoms with van der Waals surface area (Å²) in [5.74, 6) is -0.514. The summed E-state index contributed by atoms with van der Waals surface area (Å²) in [7, 11) is 0. The second-order valence-electron chi connectivity index (χ2n) is 4.97. The van der Waals surface area contributed by atoms with Gasteiger partial charge in [0.05, 0.1) is 10.9 Å². The number of amides is 1. The number of aromatic nitrogens is 1. The molecule has 112 valence electrons. The van der Waals surface area contributed by atoms with E-state index in [1.807, 2.05) is 48.5 Å². The third-order valence-electron chi connectivity index (χ3n) is 3.47. The lowest BCUT2D eigenvalue weighted by molar-refractivity contribution is -0.112. The van der Waals surface area contributed by atoms with Gasteiger partial charge in [-0.1, -0.05) is 47.7 Å². The molecular formula is C17H11N3O2S. The van der Waals surface area contributed by atoms with Crippen LogP contribution in [0.15, 0.2) is 59.6 Å². The van der Waals surface area contributed by atoms with Crippen LogP contribution >= 0.6 is 11.3 Å². The standard InChI is InChI=1S/C17H11N3O2S/c21-15-13(11-8-4-5-9-12(11)19-15)14-16(22)20-17(23-14)18-10-6-2-1-3-7-10/h1-9,22H,(H,18,20). The van der Waals surface area contributed by atoms with Crippen LogP contribution < -0.4 is 15.9 Å². The van der Waals surface area contributed by atoms with Crippen LogP contribution in [0.3, 0.4) is 0 Å². The molecule has 1 aromatic heterocycles. The highest BCUT2D eigenvalue weighted by molar-refractivity contribution is 7.17. The van der Waals surface area contributed by atoms with Crippen molar-refractivity contribution in [2.24, 2.45) is 4.99 Å². The summed E-state index contributed by atoms with van der Waals surface area (Å²) in [4.78, 5) is 20.7. The summed E-state index contributed by atoms with van der Waals surface area (Å²) in [6.07, 6.45) is 0. The molecule has 0 spiro atoms. The maximum Gasteiger partial charge on any atom is 0.279 e. The quantitative estimate of drug-likeness (QED) is 0.773. The number of nitrogens with one attached hydrogen (secondary N) is 1. The number of fused-ring (bicyclic) bond motifs is 1. The van der Waals surface area contributed by atoms with E-state index in [9.17, 15) is 9.90 Å². The molecule has 0 unspecified atom stereocenters. The fraction of sp³-hybridized carbons (Fsp3) is 0. The number of nitrogens with zero attached hydrogens (tertiary/aromatic N) is 2. The molecule has 0 bridgehead atoms. The van der Waals surface area contributed by atoms with Gasteiger partial charge < -0.3 is 10.4 Å². The molecule has 3 aromatic rings. The van der Waals surface area contributed by atoms with E-state index in [4.69, 9.17) is 0 Å². The van der Waals surface area contributed by atoms with Crippen molar-refractivity contribution < 1.29 is 9.90 Å². The monoisotopic (exact) mass is 321 g/mol. The van der Waals surface area contributed by atoms with Crippen molar-refractivity contribution in [3.8, 4) is 5.88 Å². The molecule has 0 aliphatic carbocycles. The van der Waals surface area contributed by atoms with E-state index in [0.29, 0.717) is 20.9 Å². The Morgan fingerprint density at radius 1 is 1.00 bits per heavy atom. The van der Waals surface area contributed by atoms with Crippen LogP contribution in [-0.4, -0.2) is 16.0 Å². The van der Waals surface area contributed by atoms with Crippen molar-refractivity contribution in [3.05, 3.63) is 70.1 Å². The smallest absolute Gasteiger partial charge is 0.279 e. The van der Waals surface area contributed by atoms with Gasteiger partial charge in [-0.3, -0.25) is 4.79 Å². The third kappa shape index (κ3) is 2.39. The van der Waals surface area contributed by atoms with Crippen LogP contribution in [0.2, 0.25) is 0 Å². The van der Waals surface area contributed by atoms with Crippen molar-refractivity contribution in [1.82, 2.24) is 4.98 Å². The lowest BCUT2D eigenvalue weighted by Crippen LogP contribution is -2.22. The van der Waals surface area contributed by atoms with Gasteiger partial charge in [0, 0.05) is 10.9 Å². The van der Waals surface area contributed by atoms with Crippen LogP contribution in [0, 0.1) is 0 Å². The number of para-hydroxylation sites is 2. The molecule has 2 aromatic carbocycles. The third-order valence-corrected chi connectivity index (χ3v) is 4.45. The van der Waals surface area contributed by atoms with Gasteiger partial charge in [-0.25, -0.2) is 4.99 Å². The van der Waals surface area contributed by atoms with Crippen molar-refractivity contribution in [2.45, 2.75) is 0 Å². The molecule has 0 fully saturated rings. The Bertz CT molecular complexity index is 1030. The Labute approximate surface area is 135 Å². The maximum absolute atomic E-state index is 12.2. The molecule has 0 radical (unpaired) electrons. The van der Waals surface area contributed by atoms with Crippen LogP contribution in [-0.2, 0) is 4.79 Å². The van der Waals surface area contributed by atoms with E-state index in [0.717, 1.165) is 10.9 Å². The summed E-state index contributed by atoms with van der Waals surface area (Å²) in [5, 5.41) is 15.1. The zero-order chi connectivity index (χ0) is 15.8. The second kappa shape index (κ2) is 5.33. The number of anilines is 2. The first-order chi connectivity index (χ1) is 11.2. The van der Waals surface area contributed by atoms with Gasteiger partial charge in [-0.05, 0) is 18.2 Å². The SMILES string of the molecule is O=C1N=c2ccccc2=C1c1sc(Nc2ccccc2)nc1O. The van der Waals surface area contributed by atoms with Gasteiger partial charge in [0.2, 0.25) is 5.88 Å². The Morgan fingerprint density at radius 3 is 2.57 bits per heavy atom. The highest BCUT2D eigenvalue weighted by atomic mass is 32.1. The molecule has 1 amide bonds. The number of hydrogen-bond acceptors (Lipinski definition) is 5. The number of thiazole rings is 1. The molecule has 5 nitrogen and oxygen atoms in total. The molecule has 0 saturated heterocycles. The zero-order valence-corrected chi connectivity index (χ0v) is 12.7. The van der Waals surface area contributed by atoms with Crippen molar-refractivity contribution in [2.75, 3.05) is 5.32 Å². The molecule has 23 heavy (non-hydrogen) atoms. The Kier molecular flexibility index (Phi) is 3.17. The molecule has 0 atom stereocenters. The highest BCUT2D eigenvalue weighted by Crippen LogP contribution is 2.35. The fourth-order valence-electron chi connectivity index (χ4n) is 2.46. The van der Waals surface area contributed by atoms with E-state index in [2.05, 4.69) is 15.3 Å². The van der Waals surface area contributed by atoms with Crippen LogP contribution in [0.5, 0.6) is 5.88 Å². The molecule has 6 heteroatoms. The Balaban J connectivity index is 1.80.